The Bertz CT molecular complexity index is 1170. The zero-order valence-corrected chi connectivity index (χ0v) is 19.5. The van der Waals surface area contributed by atoms with Gasteiger partial charge in [0.25, 0.3) is 5.91 Å². The number of ether oxygens (including phenoxy) is 2. The maximum Gasteiger partial charge on any atom is 0.263 e. The number of benzene rings is 3. The molecule has 0 saturated carbocycles. The first-order valence-electron chi connectivity index (χ1n) is 10.3. The molecule has 6 nitrogen and oxygen atoms in total. The van der Waals surface area contributed by atoms with Crippen molar-refractivity contribution in [3.05, 3.63) is 90.1 Å². The minimum atomic E-state index is -0.472. The predicted octanol–water partition coefficient (Wildman–Crippen LogP) is 5.55. The summed E-state index contributed by atoms with van der Waals surface area (Å²) in [5.74, 6) is 0.704. The van der Waals surface area contributed by atoms with Gasteiger partial charge in [0.15, 0.2) is 11.5 Å². The van der Waals surface area contributed by atoms with Crippen molar-refractivity contribution in [2.24, 2.45) is 0 Å². The van der Waals surface area contributed by atoms with Gasteiger partial charge in [-0.25, -0.2) is 0 Å². The lowest BCUT2D eigenvalue weighted by atomic mass is 10.1. The zero-order chi connectivity index (χ0) is 23.6. The number of anilines is 1. The van der Waals surface area contributed by atoms with E-state index in [9.17, 15) is 10.1 Å². The lowest BCUT2D eigenvalue weighted by Gasteiger charge is -2.16. The van der Waals surface area contributed by atoms with Crippen LogP contribution in [0.1, 0.15) is 18.5 Å². The standard InChI is InChI=1S/C26H25N3O3S/c1-18(19-13-14-23(31-2)24(15-19)32-3)29-26(30)20(16-27)17-28-22-11-7-8-12-25(22)33-21-9-5-4-6-10-21/h4-15,17-18,28H,1-3H3,(H,29,30)/b20-17-. The van der Waals surface area contributed by atoms with E-state index in [0.717, 1.165) is 21.0 Å². The van der Waals surface area contributed by atoms with Crippen molar-refractivity contribution >= 4 is 23.4 Å². The van der Waals surface area contributed by atoms with Crippen LogP contribution in [0.5, 0.6) is 11.5 Å². The highest BCUT2D eigenvalue weighted by molar-refractivity contribution is 7.99. The van der Waals surface area contributed by atoms with Crippen molar-refractivity contribution < 1.29 is 14.3 Å². The van der Waals surface area contributed by atoms with Crippen molar-refractivity contribution in [3.8, 4) is 17.6 Å². The van der Waals surface area contributed by atoms with E-state index in [1.165, 1.54) is 6.20 Å². The van der Waals surface area contributed by atoms with Crippen LogP contribution in [-0.2, 0) is 4.79 Å². The molecule has 0 heterocycles. The normalized spacial score (nSPS) is 11.8. The molecule has 3 rings (SSSR count). The SMILES string of the molecule is COc1ccc(C(C)NC(=O)/C(C#N)=C\Nc2ccccc2Sc2ccccc2)cc1OC. The van der Waals surface area contributed by atoms with E-state index in [1.54, 1.807) is 38.1 Å². The number of carbonyl (C=O) groups excluding carboxylic acids is 1. The molecule has 33 heavy (non-hydrogen) atoms. The van der Waals surface area contributed by atoms with E-state index >= 15 is 0 Å². The van der Waals surface area contributed by atoms with Gasteiger partial charge in [0.1, 0.15) is 11.6 Å². The largest absolute Gasteiger partial charge is 0.493 e. The molecule has 0 radical (unpaired) electrons. The molecule has 0 aromatic heterocycles. The van der Waals surface area contributed by atoms with Crippen molar-refractivity contribution in [3.63, 3.8) is 0 Å². The molecule has 1 atom stereocenters. The zero-order valence-electron chi connectivity index (χ0n) is 18.7. The Hall–Kier alpha value is -3.89. The molecule has 7 heteroatoms. The van der Waals surface area contributed by atoms with Gasteiger partial charge in [0.05, 0.1) is 25.9 Å². The molecule has 0 aliphatic rings. The smallest absolute Gasteiger partial charge is 0.263 e. The summed E-state index contributed by atoms with van der Waals surface area (Å²) < 4.78 is 10.6. The number of nitrogens with one attached hydrogen (secondary N) is 2. The van der Waals surface area contributed by atoms with Gasteiger partial charge < -0.3 is 20.1 Å². The summed E-state index contributed by atoms with van der Waals surface area (Å²) >= 11 is 1.60. The van der Waals surface area contributed by atoms with E-state index in [4.69, 9.17) is 9.47 Å². The minimum absolute atomic E-state index is 0.0261. The number of nitrogens with zero attached hydrogens (tertiary/aromatic N) is 1. The number of rotatable bonds is 9. The van der Waals surface area contributed by atoms with Crippen molar-refractivity contribution in [2.75, 3.05) is 19.5 Å². The Labute approximate surface area is 198 Å². The summed E-state index contributed by atoms with van der Waals surface area (Å²) in [6.07, 6.45) is 1.43. The highest BCUT2D eigenvalue weighted by atomic mass is 32.2. The summed E-state index contributed by atoms with van der Waals surface area (Å²) in [4.78, 5) is 14.8. The van der Waals surface area contributed by atoms with E-state index in [-0.39, 0.29) is 11.6 Å². The third-order valence-corrected chi connectivity index (χ3v) is 5.93. The molecule has 168 valence electrons. The number of methoxy groups -OCH3 is 2. The maximum absolute atomic E-state index is 12.7. The summed E-state index contributed by atoms with van der Waals surface area (Å²) in [5.41, 5.74) is 1.61. The number of hydrogen-bond donors (Lipinski definition) is 2. The van der Waals surface area contributed by atoms with Gasteiger partial charge in [0.2, 0.25) is 0 Å². The van der Waals surface area contributed by atoms with Crippen LogP contribution in [-0.4, -0.2) is 20.1 Å². The summed E-state index contributed by atoms with van der Waals surface area (Å²) in [7, 11) is 3.12. The number of amides is 1. The topological polar surface area (TPSA) is 83.4 Å². The van der Waals surface area contributed by atoms with Gasteiger partial charge in [-0.3, -0.25) is 4.79 Å². The van der Waals surface area contributed by atoms with Gasteiger partial charge in [-0.2, -0.15) is 5.26 Å². The Morgan fingerprint density at radius 3 is 2.39 bits per heavy atom. The van der Waals surface area contributed by atoms with Crippen LogP contribution in [0.3, 0.4) is 0 Å². The Balaban J connectivity index is 1.71. The first-order valence-corrected chi connectivity index (χ1v) is 11.1. The van der Waals surface area contributed by atoms with E-state index in [1.807, 2.05) is 73.7 Å². The number of nitriles is 1. The van der Waals surface area contributed by atoms with Crippen LogP contribution in [0.4, 0.5) is 5.69 Å². The fraction of sp³-hybridized carbons (Fsp3) is 0.154. The molecule has 2 N–H and O–H groups in total. The van der Waals surface area contributed by atoms with E-state index < -0.39 is 5.91 Å². The van der Waals surface area contributed by atoms with Crippen LogP contribution < -0.4 is 20.1 Å². The minimum Gasteiger partial charge on any atom is -0.493 e. The molecule has 3 aromatic rings. The quantitative estimate of drug-likeness (QED) is 0.322. The third kappa shape index (κ3) is 6.31. The maximum atomic E-state index is 12.7. The van der Waals surface area contributed by atoms with Gasteiger partial charge in [0, 0.05) is 16.0 Å². The van der Waals surface area contributed by atoms with E-state index in [0.29, 0.717) is 11.5 Å². The molecule has 3 aromatic carbocycles. The first kappa shape index (κ1) is 23.8. The molecule has 1 unspecified atom stereocenters. The van der Waals surface area contributed by atoms with Crippen LogP contribution in [0.25, 0.3) is 0 Å². The van der Waals surface area contributed by atoms with Crippen molar-refractivity contribution in [1.29, 1.82) is 5.26 Å². The van der Waals surface area contributed by atoms with Gasteiger partial charge >= 0.3 is 0 Å². The van der Waals surface area contributed by atoms with Crippen LogP contribution in [0.15, 0.2) is 94.4 Å². The average Bonchev–Trinajstić information content (AvgIpc) is 2.85. The molecule has 0 fully saturated rings. The number of para-hydroxylation sites is 1. The fourth-order valence-electron chi connectivity index (χ4n) is 3.07. The Morgan fingerprint density at radius 2 is 1.70 bits per heavy atom. The van der Waals surface area contributed by atoms with Gasteiger partial charge in [-0.05, 0) is 48.9 Å². The van der Waals surface area contributed by atoms with Crippen molar-refractivity contribution in [1.82, 2.24) is 5.32 Å². The van der Waals surface area contributed by atoms with Crippen LogP contribution in [0.2, 0.25) is 0 Å². The molecule has 0 bridgehead atoms. The van der Waals surface area contributed by atoms with Crippen LogP contribution in [0, 0.1) is 11.3 Å². The average molecular weight is 460 g/mol. The fourth-order valence-corrected chi connectivity index (χ4v) is 4.00. The van der Waals surface area contributed by atoms with Crippen molar-refractivity contribution in [2.45, 2.75) is 22.8 Å². The monoisotopic (exact) mass is 459 g/mol. The van der Waals surface area contributed by atoms with Gasteiger partial charge in [-0.1, -0.05) is 48.2 Å². The first-order chi connectivity index (χ1) is 16.0. The lowest BCUT2D eigenvalue weighted by molar-refractivity contribution is -0.117. The Morgan fingerprint density at radius 1 is 1.00 bits per heavy atom. The highest BCUT2D eigenvalue weighted by Gasteiger charge is 2.16. The Kier molecular flexibility index (Phi) is 8.39. The second-order valence-corrected chi connectivity index (χ2v) is 8.15. The highest BCUT2D eigenvalue weighted by Crippen LogP contribution is 2.33. The lowest BCUT2D eigenvalue weighted by Crippen LogP contribution is -2.28. The molecule has 0 spiro atoms. The van der Waals surface area contributed by atoms with Crippen LogP contribution >= 0.6 is 11.8 Å². The predicted molar refractivity (Wildman–Crippen MR) is 130 cm³/mol. The second kappa shape index (κ2) is 11.7. The van der Waals surface area contributed by atoms with E-state index in [2.05, 4.69) is 10.6 Å². The third-order valence-electron chi connectivity index (χ3n) is 4.85. The van der Waals surface area contributed by atoms with Gasteiger partial charge in [-0.15, -0.1) is 0 Å². The number of carbonyl (C=O) groups is 1. The molecule has 1 amide bonds. The summed E-state index contributed by atoms with van der Waals surface area (Å²) in [6.45, 7) is 1.84. The summed E-state index contributed by atoms with van der Waals surface area (Å²) in [6, 6.07) is 24.8. The summed E-state index contributed by atoms with van der Waals surface area (Å²) in [5, 5.41) is 15.5. The molecular weight excluding hydrogens is 434 g/mol. The molecule has 0 aliphatic carbocycles. The second-order valence-electron chi connectivity index (χ2n) is 7.03. The molecule has 0 aliphatic heterocycles. The number of hydrogen-bond acceptors (Lipinski definition) is 6. The molecular formula is C26H25N3O3S. The molecule has 0 saturated heterocycles.